The van der Waals surface area contributed by atoms with E-state index in [4.69, 9.17) is 4.74 Å². The number of nitrogens with one attached hydrogen (secondary N) is 1. The van der Waals surface area contributed by atoms with Crippen LogP contribution in [0.4, 0.5) is 5.69 Å². The first-order valence-corrected chi connectivity index (χ1v) is 12.8. The van der Waals surface area contributed by atoms with Crippen molar-refractivity contribution in [2.24, 2.45) is 0 Å². The Morgan fingerprint density at radius 2 is 1.91 bits per heavy atom. The molecule has 1 unspecified atom stereocenters. The highest BCUT2D eigenvalue weighted by Gasteiger charge is 2.34. The van der Waals surface area contributed by atoms with E-state index in [1.807, 2.05) is 54.8 Å². The second-order valence-electron chi connectivity index (χ2n) is 8.48. The molecular weight excluding hydrogens is 446 g/mol. The van der Waals surface area contributed by atoms with Gasteiger partial charge in [0.15, 0.2) is 0 Å². The largest absolute Gasteiger partial charge is 0.494 e. The molecule has 1 atom stereocenters. The number of benzene rings is 1. The summed E-state index contributed by atoms with van der Waals surface area (Å²) in [5, 5.41) is 5.19. The second-order valence-corrected chi connectivity index (χ2v) is 9.51. The highest BCUT2D eigenvalue weighted by Crippen LogP contribution is 2.31. The van der Waals surface area contributed by atoms with Crippen molar-refractivity contribution in [3.8, 4) is 5.75 Å². The molecular formula is C27H31N3O3S. The summed E-state index contributed by atoms with van der Waals surface area (Å²) in [6.45, 7) is 2.49. The number of carbonyl (C=O) groups excluding carboxylic acids is 2. The Balaban J connectivity index is 1.71. The molecule has 34 heavy (non-hydrogen) atoms. The summed E-state index contributed by atoms with van der Waals surface area (Å²) in [7, 11) is 0. The molecule has 1 aromatic carbocycles. The maximum Gasteiger partial charge on any atom is 0.248 e. The molecule has 1 aliphatic carbocycles. The van der Waals surface area contributed by atoms with Gasteiger partial charge in [0.2, 0.25) is 11.8 Å². The van der Waals surface area contributed by atoms with Gasteiger partial charge in [-0.25, -0.2) is 0 Å². The summed E-state index contributed by atoms with van der Waals surface area (Å²) in [6, 6.07) is 14.2. The molecule has 7 heteroatoms. The maximum absolute atomic E-state index is 13.7. The van der Waals surface area contributed by atoms with Crippen LogP contribution in [0.5, 0.6) is 5.75 Å². The molecule has 1 fully saturated rings. The van der Waals surface area contributed by atoms with Crippen LogP contribution in [0, 0.1) is 0 Å². The lowest BCUT2D eigenvalue weighted by molar-refractivity contribution is -0.127. The average molecular weight is 478 g/mol. The summed E-state index contributed by atoms with van der Waals surface area (Å²) >= 11 is 1.54. The quantitative estimate of drug-likeness (QED) is 0.454. The predicted molar refractivity (Wildman–Crippen MR) is 135 cm³/mol. The molecule has 2 heterocycles. The number of hydrogen-bond acceptors (Lipinski definition) is 5. The minimum Gasteiger partial charge on any atom is -0.494 e. The molecule has 2 amide bonds. The Kier molecular flexibility index (Phi) is 8.31. The minimum absolute atomic E-state index is 0.134. The average Bonchev–Trinajstić information content (AvgIpc) is 3.37. The van der Waals surface area contributed by atoms with Gasteiger partial charge < -0.3 is 10.1 Å². The number of aromatic nitrogens is 1. The minimum atomic E-state index is -0.818. The fourth-order valence-electron chi connectivity index (χ4n) is 4.44. The molecule has 1 aliphatic rings. The number of anilines is 1. The van der Waals surface area contributed by atoms with Crippen molar-refractivity contribution in [2.75, 3.05) is 11.5 Å². The van der Waals surface area contributed by atoms with E-state index in [9.17, 15) is 9.59 Å². The Morgan fingerprint density at radius 1 is 1.12 bits per heavy atom. The van der Waals surface area contributed by atoms with E-state index in [2.05, 4.69) is 10.3 Å². The van der Waals surface area contributed by atoms with Gasteiger partial charge >= 0.3 is 0 Å². The highest BCUT2D eigenvalue weighted by atomic mass is 32.1. The number of thiophene rings is 1. The third-order valence-electron chi connectivity index (χ3n) is 6.06. The van der Waals surface area contributed by atoms with E-state index in [0.29, 0.717) is 17.9 Å². The number of amides is 2. The summed E-state index contributed by atoms with van der Waals surface area (Å²) in [5.41, 5.74) is 1.34. The molecule has 0 radical (unpaired) electrons. The summed E-state index contributed by atoms with van der Waals surface area (Å²) in [4.78, 5) is 34.3. The van der Waals surface area contributed by atoms with Crippen molar-refractivity contribution < 1.29 is 14.3 Å². The molecule has 178 valence electrons. The molecule has 1 N–H and O–H groups in total. The number of nitrogens with zero attached hydrogens (tertiary/aromatic N) is 2. The van der Waals surface area contributed by atoms with Crippen molar-refractivity contribution in [2.45, 2.75) is 57.5 Å². The lowest BCUT2D eigenvalue weighted by atomic mass is 9.94. The summed E-state index contributed by atoms with van der Waals surface area (Å²) in [6.07, 6.45) is 8.94. The van der Waals surface area contributed by atoms with Gasteiger partial charge in [0.25, 0.3) is 0 Å². The third-order valence-corrected chi connectivity index (χ3v) is 6.93. The van der Waals surface area contributed by atoms with Crippen LogP contribution in [0.25, 0.3) is 0 Å². The van der Waals surface area contributed by atoms with E-state index >= 15 is 0 Å². The van der Waals surface area contributed by atoms with Gasteiger partial charge in [-0.15, -0.1) is 11.3 Å². The predicted octanol–water partition coefficient (Wildman–Crippen LogP) is 5.31. The van der Waals surface area contributed by atoms with Gasteiger partial charge in [0.05, 0.1) is 13.0 Å². The molecule has 4 rings (SSSR count). The van der Waals surface area contributed by atoms with E-state index < -0.39 is 6.04 Å². The monoisotopic (exact) mass is 477 g/mol. The number of ether oxygens (including phenoxy) is 1. The second kappa shape index (κ2) is 11.8. The number of carbonyl (C=O) groups is 2. The van der Waals surface area contributed by atoms with Crippen LogP contribution >= 0.6 is 11.3 Å². The van der Waals surface area contributed by atoms with E-state index in [1.165, 1.54) is 17.8 Å². The van der Waals surface area contributed by atoms with Crippen LogP contribution in [0.15, 0.2) is 66.3 Å². The SMILES string of the molecule is CCOc1ccc(N(C(=O)Cc2cccs2)C(C(=O)NC2CCCCC2)c2cccnc2)cc1. The van der Waals surface area contributed by atoms with Gasteiger partial charge in [-0.3, -0.25) is 19.5 Å². The van der Waals surface area contributed by atoms with Crippen molar-refractivity contribution in [3.05, 3.63) is 76.7 Å². The number of pyridine rings is 1. The van der Waals surface area contributed by atoms with Crippen LogP contribution in [-0.2, 0) is 16.0 Å². The lowest BCUT2D eigenvalue weighted by Crippen LogP contribution is -2.47. The first-order valence-electron chi connectivity index (χ1n) is 11.9. The molecule has 0 bridgehead atoms. The first-order chi connectivity index (χ1) is 16.7. The van der Waals surface area contributed by atoms with E-state index in [1.54, 1.807) is 23.4 Å². The van der Waals surface area contributed by atoms with Gasteiger partial charge in [-0.1, -0.05) is 31.4 Å². The Bertz CT molecular complexity index is 1050. The first kappa shape index (κ1) is 24.0. The molecule has 3 aromatic rings. The van der Waals surface area contributed by atoms with Crippen molar-refractivity contribution >= 4 is 28.8 Å². The lowest BCUT2D eigenvalue weighted by Gasteiger charge is -2.33. The normalized spacial score (nSPS) is 14.9. The zero-order chi connectivity index (χ0) is 23.8. The molecule has 0 saturated heterocycles. The molecule has 0 spiro atoms. The number of rotatable bonds is 9. The van der Waals surface area contributed by atoms with Gasteiger partial charge in [0, 0.05) is 34.6 Å². The fraction of sp³-hybridized carbons (Fsp3) is 0.370. The van der Waals surface area contributed by atoms with Crippen LogP contribution in [0.3, 0.4) is 0 Å². The summed E-state index contributed by atoms with van der Waals surface area (Å²) < 4.78 is 5.59. The molecule has 2 aromatic heterocycles. The number of hydrogen-bond donors (Lipinski definition) is 1. The zero-order valence-corrected chi connectivity index (χ0v) is 20.3. The van der Waals surface area contributed by atoms with Crippen molar-refractivity contribution in [1.82, 2.24) is 10.3 Å². The Labute approximate surface area is 205 Å². The zero-order valence-electron chi connectivity index (χ0n) is 19.5. The van der Waals surface area contributed by atoms with E-state index in [-0.39, 0.29) is 24.3 Å². The maximum atomic E-state index is 13.7. The van der Waals surface area contributed by atoms with Crippen LogP contribution < -0.4 is 15.0 Å². The molecule has 0 aliphatic heterocycles. The highest BCUT2D eigenvalue weighted by molar-refractivity contribution is 7.10. The van der Waals surface area contributed by atoms with Crippen LogP contribution in [0.1, 0.15) is 55.5 Å². The Hall–Kier alpha value is -3.19. The van der Waals surface area contributed by atoms with Crippen LogP contribution in [-0.4, -0.2) is 29.4 Å². The van der Waals surface area contributed by atoms with Gasteiger partial charge in [-0.2, -0.15) is 0 Å². The molecule has 1 saturated carbocycles. The third kappa shape index (κ3) is 6.03. The molecule has 6 nitrogen and oxygen atoms in total. The topological polar surface area (TPSA) is 71.5 Å². The van der Waals surface area contributed by atoms with Gasteiger partial charge in [0.1, 0.15) is 11.8 Å². The van der Waals surface area contributed by atoms with Crippen molar-refractivity contribution in [3.63, 3.8) is 0 Å². The fourth-order valence-corrected chi connectivity index (χ4v) is 5.13. The Morgan fingerprint density at radius 3 is 2.56 bits per heavy atom. The van der Waals surface area contributed by atoms with E-state index in [0.717, 1.165) is 36.3 Å². The van der Waals surface area contributed by atoms with Crippen LogP contribution in [0.2, 0.25) is 0 Å². The summed E-state index contributed by atoms with van der Waals surface area (Å²) in [5.74, 6) is 0.411. The van der Waals surface area contributed by atoms with Gasteiger partial charge in [-0.05, 0) is 61.5 Å². The smallest absolute Gasteiger partial charge is 0.248 e. The standard InChI is InChI=1S/C27H31N3O3S/c1-2-33-23-14-12-22(13-15-23)30(25(31)18-24-11-7-17-34-24)26(20-8-6-16-28-19-20)27(32)29-21-9-4-3-5-10-21/h6-8,11-17,19,21,26H,2-5,9-10,18H2,1H3,(H,29,32). The van der Waals surface area contributed by atoms with Crippen molar-refractivity contribution in [1.29, 1.82) is 0 Å².